The Morgan fingerprint density at radius 2 is 1.86 bits per heavy atom. The number of thioether (sulfide) groups is 1. The molecule has 0 spiro atoms. The van der Waals surface area contributed by atoms with Gasteiger partial charge in [0.25, 0.3) is 5.56 Å². The van der Waals surface area contributed by atoms with Gasteiger partial charge in [0.05, 0.1) is 11.8 Å². The molecule has 0 bridgehead atoms. The topological polar surface area (TPSA) is 47.2 Å². The van der Waals surface area contributed by atoms with Crippen LogP contribution in [0.3, 0.4) is 0 Å². The van der Waals surface area contributed by atoms with Gasteiger partial charge in [-0.25, -0.2) is 0 Å². The molecule has 0 radical (unpaired) electrons. The maximum absolute atomic E-state index is 12.3. The standard InChI is InChI=1S/C23H23N3OS/c1-4-28-14-16-5-6-18-20(11-16)21-13-26(3)22(27)12-19(21)15(2)25-23(18)17-7-9-24-10-8-17/h5-13,15H,4,14H2,1-3H3/t15-/m0/s1. The molecule has 0 unspecified atom stereocenters. The zero-order valence-electron chi connectivity index (χ0n) is 16.3. The normalized spacial score (nSPS) is 15.4. The molecule has 2 aromatic heterocycles. The van der Waals surface area contributed by atoms with Crippen molar-refractivity contribution < 1.29 is 0 Å². The molecule has 1 aliphatic heterocycles. The molecule has 0 saturated carbocycles. The number of nitrogens with zero attached hydrogens (tertiary/aromatic N) is 3. The van der Waals surface area contributed by atoms with Gasteiger partial charge in [-0.1, -0.05) is 19.1 Å². The third-order valence-corrected chi connectivity index (χ3v) is 6.03. The summed E-state index contributed by atoms with van der Waals surface area (Å²) in [5.41, 5.74) is 7.57. The van der Waals surface area contributed by atoms with Gasteiger partial charge in [0, 0.05) is 54.1 Å². The molecule has 1 aliphatic rings. The molecule has 28 heavy (non-hydrogen) atoms. The van der Waals surface area contributed by atoms with Crippen molar-refractivity contribution in [3.8, 4) is 11.1 Å². The van der Waals surface area contributed by atoms with E-state index in [2.05, 4.69) is 37.0 Å². The average Bonchev–Trinajstić information content (AvgIpc) is 2.83. The van der Waals surface area contributed by atoms with Crippen LogP contribution >= 0.6 is 11.8 Å². The summed E-state index contributed by atoms with van der Waals surface area (Å²) >= 11 is 1.91. The predicted octanol–water partition coefficient (Wildman–Crippen LogP) is 4.61. The highest BCUT2D eigenvalue weighted by Gasteiger charge is 2.24. The number of rotatable bonds is 4. The maximum Gasteiger partial charge on any atom is 0.250 e. The zero-order valence-corrected chi connectivity index (χ0v) is 17.2. The van der Waals surface area contributed by atoms with Crippen molar-refractivity contribution in [2.75, 3.05) is 5.75 Å². The van der Waals surface area contributed by atoms with Crippen LogP contribution in [0.2, 0.25) is 0 Å². The summed E-state index contributed by atoms with van der Waals surface area (Å²) in [5, 5.41) is 0. The minimum absolute atomic E-state index is 0.00703. The Kier molecular flexibility index (Phi) is 5.18. The Hall–Kier alpha value is -2.66. The van der Waals surface area contributed by atoms with Crippen molar-refractivity contribution in [3.63, 3.8) is 0 Å². The lowest BCUT2D eigenvalue weighted by Crippen LogP contribution is -2.17. The number of aliphatic imine (C=N–C) groups is 1. The van der Waals surface area contributed by atoms with Crippen molar-refractivity contribution in [1.82, 2.24) is 9.55 Å². The Labute approximate surface area is 169 Å². The first-order valence-electron chi connectivity index (χ1n) is 9.48. The summed E-state index contributed by atoms with van der Waals surface area (Å²) in [6.07, 6.45) is 5.54. The van der Waals surface area contributed by atoms with Gasteiger partial charge in [0.15, 0.2) is 0 Å². The van der Waals surface area contributed by atoms with Gasteiger partial charge in [0.1, 0.15) is 0 Å². The third kappa shape index (κ3) is 3.42. The van der Waals surface area contributed by atoms with Crippen LogP contribution in [0, 0.1) is 0 Å². The van der Waals surface area contributed by atoms with E-state index in [0.717, 1.165) is 45.0 Å². The summed E-state index contributed by atoms with van der Waals surface area (Å²) in [5.74, 6) is 2.06. The predicted molar refractivity (Wildman–Crippen MR) is 117 cm³/mol. The smallest absolute Gasteiger partial charge is 0.250 e. The summed E-state index contributed by atoms with van der Waals surface area (Å²) in [6.45, 7) is 4.23. The molecule has 1 aromatic carbocycles. The molecule has 4 nitrogen and oxygen atoms in total. The SMILES string of the molecule is CCSCc1ccc2c(c1)-c1cn(C)c(=O)cc1[C@H](C)N=C2c1ccncc1. The number of benzene rings is 1. The highest BCUT2D eigenvalue weighted by molar-refractivity contribution is 7.98. The zero-order chi connectivity index (χ0) is 19.7. The number of hydrogen-bond donors (Lipinski definition) is 0. The van der Waals surface area contributed by atoms with Crippen LogP contribution in [-0.2, 0) is 12.8 Å². The quantitative estimate of drug-likeness (QED) is 0.654. The van der Waals surface area contributed by atoms with Gasteiger partial charge in [-0.05, 0) is 47.6 Å². The Bertz CT molecular complexity index is 1100. The van der Waals surface area contributed by atoms with Crippen molar-refractivity contribution >= 4 is 17.5 Å². The van der Waals surface area contributed by atoms with Gasteiger partial charge < -0.3 is 4.57 Å². The average molecular weight is 390 g/mol. The Morgan fingerprint density at radius 3 is 2.61 bits per heavy atom. The molecule has 4 rings (SSSR count). The van der Waals surface area contributed by atoms with Gasteiger partial charge in [0.2, 0.25) is 0 Å². The van der Waals surface area contributed by atoms with Crippen molar-refractivity contribution in [2.24, 2.45) is 12.0 Å². The number of aromatic nitrogens is 2. The van der Waals surface area contributed by atoms with Crippen LogP contribution < -0.4 is 5.56 Å². The molecule has 5 heteroatoms. The van der Waals surface area contributed by atoms with E-state index in [1.54, 1.807) is 30.1 Å². The van der Waals surface area contributed by atoms with Crippen molar-refractivity contribution in [2.45, 2.75) is 25.6 Å². The van der Waals surface area contributed by atoms with Crippen LogP contribution in [0.15, 0.2) is 64.8 Å². The van der Waals surface area contributed by atoms with Gasteiger partial charge >= 0.3 is 0 Å². The van der Waals surface area contributed by atoms with Crippen molar-refractivity contribution in [1.29, 1.82) is 0 Å². The fourth-order valence-electron chi connectivity index (χ4n) is 3.62. The number of aryl methyl sites for hydroxylation is 1. The fourth-order valence-corrected chi connectivity index (χ4v) is 4.24. The summed E-state index contributed by atoms with van der Waals surface area (Å²) in [4.78, 5) is 21.5. The summed E-state index contributed by atoms with van der Waals surface area (Å²) < 4.78 is 1.65. The minimum Gasteiger partial charge on any atom is -0.318 e. The minimum atomic E-state index is -0.104. The van der Waals surface area contributed by atoms with Crippen LogP contribution in [0.1, 0.15) is 42.1 Å². The van der Waals surface area contributed by atoms with E-state index >= 15 is 0 Å². The summed E-state index contributed by atoms with van der Waals surface area (Å²) in [6, 6.07) is 12.2. The molecule has 0 aliphatic carbocycles. The summed E-state index contributed by atoms with van der Waals surface area (Å²) in [7, 11) is 1.80. The van der Waals surface area contributed by atoms with E-state index in [1.165, 1.54) is 5.56 Å². The van der Waals surface area contributed by atoms with Gasteiger partial charge in [-0.15, -0.1) is 0 Å². The highest BCUT2D eigenvalue weighted by atomic mass is 32.2. The second-order valence-electron chi connectivity index (χ2n) is 7.00. The second kappa shape index (κ2) is 7.76. The van der Waals surface area contributed by atoms with E-state index in [1.807, 2.05) is 30.1 Å². The molecule has 3 aromatic rings. The van der Waals surface area contributed by atoms with Crippen molar-refractivity contribution in [3.05, 3.63) is 87.6 Å². The lowest BCUT2D eigenvalue weighted by Gasteiger charge is -2.14. The molecule has 0 amide bonds. The molecular weight excluding hydrogens is 366 g/mol. The Morgan fingerprint density at radius 1 is 1.07 bits per heavy atom. The van der Waals surface area contributed by atoms with Crippen LogP contribution in [0.4, 0.5) is 0 Å². The van der Waals surface area contributed by atoms with E-state index < -0.39 is 0 Å². The van der Waals surface area contributed by atoms with Crippen LogP contribution in [-0.4, -0.2) is 21.0 Å². The Balaban J connectivity index is 1.99. The van der Waals surface area contributed by atoms with Crippen LogP contribution in [0.5, 0.6) is 0 Å². The molecule has 3 heterocycles. The molecule has 0 fully saturated rings. The van der Waals surface area contributed by atoms with E-state index in [0.29, 0.717) is 0 Å². The molecule has 142 valence electrons. The molecule has 0 saturated heterocycles. The number of hydrogen-bond acceptors (Lipinski definition) is 4. The highest BCUT2D eigenvalue weighted by Crippen LogP contribution is 2.37. The third-order valence-electron chi connectivity index (χ3n) is 5.09. The lowest BCUT2D eigenvalue weighted by molar-refractivity contribution is 0.796. The second-order valence-corrected chi connectivity index (χ2v) is 8.27. The number of pyridine rings is 2. The van der Waals surface area contributed by atoms with E-state index in [-0.39, 0.29) is 11.6 Å². The molecule has 0 N–H and O–H groups in total. The monoisotopic (exact) mass is 389 g/mol. The van der Waals surface area contributed by atoms with Crippen LogP contribution in [0.25, 0.3) is 11.1 Å². The first-order chi connectivity index (χ1) is 13.6. The first-order valence-corrected chi connectivity index (χ1v) is 10.6. The molecule has 1 atom stereocenters. The molecular formula is C23H23N3OS. The van der Waals surface area contributed by atoms with E-state index in [4.69, 9.17) is 4.99 Å². The number of fused-ring (bicyclic) bond motifs is 3. The first kappa shape index (κ1) is 18.7. The van der Waals surface area contributed by atoms with Gasteiger partial charge in [-0.3, -0.25) is 14.8 Å². The van der Waals surface area contributed by atoms with Gasteiger partial charge in [-0.2, -0.15) is 11.8 Å². The fraction of sp³-hybridized carbons (Fsp3) is 0.261. The largest absolute Gasteiger partial charge is 0.318 e. The lowest BCUT2D eigenvalue weighted by atomic mass is 9.91. The maximum atomic E-state index is 12.3. The van der Waals surface area contributed by atoms with E-state index in [9.17, 15) is 4.79 Å².